The Morgan fingerprint density at radius 3 is 1.44 bits per heavy atom. The third-order valence-corrected chi connectivity index (χ3v) is 8.19. The summed E-state index contributed by atoms with van der Waals surface area (Å²) in [5.74, 6) is 0. The summed E-state index contributed by atoms with van der Waals surface area (Å²) in [4.78, 5) is 0. The van der Waals surface area contributed by atoms with E-state index in [1.807, 2.05) is 0 Å². The quantitative estimate of drug-likeness (QED) is 0.103. The molecule has 0 aromatic carbocycles. The Morgan fingerprint density at radius 2 is 0.844 bits per heavy atom. The molecule has 4 saturated heterocycles. The highest BCUT2D eigenvalue weighted by Crippen LogP contribution is 2.33. The molecule has 264 valence electrons. The van der Waals surface area contributed by atoms with E-state index in [9.17, 15) is 71.5 Å². The largest absolute Gasteiger partial charge is 0.394 e. The molecular formula is C24H42O21. The SMILES string of the molecule is OC[C@H]1O[C@@H](OC[C@H]2O[C@H](O[C@@H]3[C@@H](O)[C@@H](CO)O[C@@H](O[C@H]4[C@H](O)[C@@H](O)C(O)O[C@@H]4CO)[C@@H]3O)[C@H](O)[C@@H](O)[C@H]2O)[C@H](O)[C@@H](O)[C@H]1O. The normalized spacial score (nSPS) is 52.9. The van der Waals surface area contributed by atoms with E-state index < -0.39 is 149 Å². The van der Waals surface area contributed by atoms with Gasteiger partial charge in [-0.15, -0.1) is 0 Å². The molecule has 14 N–H and O–H groups in total. The van der Waals surface area contributed by atoms with Crippen molar-refractivity contribution in [3.05, 3.63) is 0 Å². The van der Waals surface area contributed by atoms with Crippen molar-refractivity contribution in [3.63, 3.8) is 0 Å². The third kappa shape index (κ3) is 7.59. The van der Waals surface area contributed by atoms with Crippen molar-refractivity contribution < 1.29 is 105 Å². The van der Waals surface area contributed by atoms with Gasteiger partial charge in [-0.05, 0) is 0 Å². The summed E-state index contributed by atoms with van der Waals surface area (Å²) in [6, 6.07) is 0. The van der Waals surface area contributed by atoms with Crippen molar-refractivity contribution in [2.45, 2.75) is 123 Å². The summed E-state index contributed by atoms with van der Waals surface area (Å²) in [5, 5.41) is 142. The second-order valence-electron chi connectivity index (χ2n) is 11.2. The molecule has 0 radical (unpaired) electrons. The van der Waals surface area contributed by atoms with Gasteiger partial charge in [0.15, 0.2) is 25.2 Å². The van der Waals surface area contributed by atoms with Gasteiger partial charge in [0.1, 0.15) is 97.7 Å². The molecule has 0 saturated carbocycles. The number of hydrogen-bond acceptors (Lipinski definition) is 21. The van der Waals surface area contributed by atoms with Gasteiger partial charge in [-0.25, -0.2) is 0 Å². The zero-order chi connectivity index (χ0) is 33.3. The van der Waals surface area contributed by atoms with E-state index in [-0.39, 0.29) is 0 Å². The Balaban J connectivity index is 1.46. The monoisotopic (exact) mass is 666 g/mol. The molecule has 4 rings (SSSR count). The summed E-state index contributed by atoms with van der Waals surface area (Å²) in [5.41, 5.74) is 0. The Bertz CT molecular complexity index is 914. The van der Waals surface area contributed by atoms with E-state index in [0.717, 1.165) is 0 Å². The minimum atomic E-state index is -2.01. The molecule has 0 bridgehead atoms. The van der Waals surface area contributed by atoms with Crippen LogP contribution in [0.1, 0.15) is 0 Å². The predicted molar refractivity (Wildman–Crippen MR) is 134 cm³/mol. The van der Waals surface area contributed by atoms with Gasteiger partial charge in [0.25, 0.3) is 0 Å². The smallest absolute Gasteiger partial charge is 0.187 e. The molecule has 4 aliphatic heterocycles. The van der Waals surface area contributed by atoms with Crippen molar-refractivity contribution in [2.75, 3.05) is 26.4 Å². The standard InChI is InChI=1S/C24H42O21/c25-1-5-9(28)12(31)16(35)22(41-5)39-4-8-10(29)13(32)17(36)23(43-8)45-20-11(30)6(2-26)42-24(18(20)37)44-19-7(3-27)40-21(38)15(34)14(19)33/h5-38H,1-4H2/t5-,6-,7-,8-,9+,10+,11+,12+,13+,14-,15-,16-,17-,18-,19-,20-,21?,22-,23-,24+/m1/s1. The van der Waals surface area contributed by atoms with Gasteiger partial charge in [0, 0.05) is 0 Å². The van der Waals surface area contributed by atoms with Crippen LogP contribution in [0.5, 0.6) is 0 Å². The lowest BCUT2D eigenvalue weighted by molar-refractivity contribution is -0.381. The number of aliphatic hydroxyl groups is 14. The van der Waals surface area contributed by atoms with E-state index in [4.69, 9.17) is 33.2 Å². The number of aliphatic hydroxyl groups excluding tert-OH is 14. The minimum Gasteiger partial charge on any atom is -0.394 e. The summed E-state index contributed by atoms with van der Waals surface area (Å²) in [6.45, 7) is -3.16. The highest BCUT2D eigenvalue weighted by atomic mass is 16.8. The second kappa shape index (κ2) is 15.6. The highest BCUT2D eigenvalue weighted by Gasteiger charge is 2.54. The van der Waals surface area contributed by atoms with E-state index in [2.05, 4.69) is 0 Å². The molecule has 20 atom stereocenters. The fraction of sp³-hybridized carbons (Fsp3) is 1.00. The van der Waals surface area contributed by atoms with Gasteiger partial charge in [-0.2, -0.15) is 0 Å². The van der Waals surface area contributed by atoms with Gasteiger partial charge >= 0.3 is 0 Å². The van der Waals surface area contributed by atoms with E-state index in [1.165, 1.54) is 0 Å². The predicted octanol–water partition coefficient (Wildman–Crippen LogP) is -9.75. The molecule has 0 amide bonds. The molecule has 0 aliphatic carbocycles. The van der Waals surface area contributed by atoms with Crippen molar-refractivity contribution >= 4 is 0 Å². The van der Waals surface area contributed by atoms with Crippen molar-refractivity contribution in [1.29, 1.82) is 0 Å². The highest BCUT2D eigenvalue weighted by molar-refractivity contribution is 4.97. The molecule has 45 heavy (non-hydrogen) atoms. The molecule has 0 spiro atoms. The van der Waals surface area contributed by atoms with E-state index >= 15 is 0 Å². The topological polar surface area (TPSA) is 348 Å². The van der Waals surface area contributed by atoms with E-state index in [0.29, 0.717) is 0 Å². The molecular weight excluding hydrogens is 624 g/mol. The molecule has 4 aliphatic rings. The van der Waals surface area contributed by atoms with E-state index in [1.54, 1.807) is 0 Å². The van der Waals surface area contributed by atoms with Crippen molar-refractivity contribution in [1.82, 2.24) is 0 Å². The molecule has 4 heterocycles. The van der Waals surface area contributed by atoms with Crippen molar-refractivity contribution in [2.24, 2.45) is 0 Å². The zero-order valence-electron chi connectivity index (χ0n) is 23.5. The summed E-state index contributed by atoms with van der Waals surface area (Å²) in [7, 11) is 0. The van der Waals surface area contributed by atoms with Gasteiger partial charge in [-0.1, -0.05) is 0 Å². The lowest BCUT2D eigenvalue weighted by Gasteiger charge is -2.48. The molecule has 21 heteroatoms. The molecule has 21 nitrogen and oxygen atoms in total. The van der Waals surface area contributed by atoms with Crippen LogP contribution >= 0.6 is 0 Å². The Labute approximate surface area is 254 Å². The average molecular weight is 667 g/mol. The maximum atomic E-state index is 11.0. The van der Waals surface area contributed by atoms with Crippen molar-refractivity contribution in [3.8, 4) is 0 Å². The maximum absolute atomic E-state index is 11.0. The molecule has 4 fully saturated rings. The first-order valence-corrected chi connectivity index (χ1v) is 14.1. The number of hydrogen-bond donors (Lipinski definition) is 14. The lowest BCUT2D eigenvalue weighted by atomic mass is 9.96. The first-order chi connectivity index (χ1) is 21.2. The van der Waals surface area contributed by atoms with Gasteiger partial charge in [0.2, 0.25) is 0 Å². The third-order valence-electron chi connectivity index (χ3n) is 8.19. The molecule has 1 unspecified atom stereocenters. The van der Waals surface area contributed by atoms with Crippen LogP contribution in [0.25, 0.3) is 0 Å². The van der Waals surface area contributed by atoms with Crippen LogP contribution in [0.15, 0.2) is 0 Å². The minimum absolute atomic E-state index is 0.701. The van der Waals surface area contributed by atoms with Crippen LogP contribution in [0.4, 0.5) is 0 Å². The van der Waals surface area contributed by atoms with Gasteiger partial charge < -0.3 is 105 Å². The Morgan fingerprint density at radius 1 is 0.378 bits per heavy atom. The summed E-state index contributed by atoms with van der Waals surface area (Å²) >= 11 is 0. The van der Waals surface area contributed by atoms with Crippen LogP contribution in [0.3, 0.4) is 0 Å². The zero-order valence-corrected chi connectivity index (χ0v) is 23.5. The van der Waals surface area contributed by atoms with Crippen LogP contribution < -0.4 is 0 Å². The maximum Gasteiger partial charge on any atom is 0.187 e. The Kier molecular flexibility index (Phi) is 12.8. The second-order valence-corrected chi connectivity index (χ2v) is 11.2. The average Bonchev–Trinajstić information content (AvgIpc) is 3.03. The molecule has 0 aromatic heterocycles. The molecule has 0 aromatic rings. The first kappa shape index (κ1) is 37.0. The van der Waals surface area contributed by atoms with Crippen LogP contribution in [-0.2, 0) is 33.2 Å². The summed E-state index contributed by atoms with van der Waals surface area (Å²) < 4.78 is 37.6. The number of rotatable bonds is 10. The fourth-order valence-corrected chi connectivity index (χ4v) is 5.43. The Hall–Kier alpha value is -0.840. The summed E-state index contributed by atoms with van der Waals surface area (Å²) in [6.07, 6.45) is -35.4. The van der Waals surface area contributed by atoms with Crippen LogP contribution in [0, 0.1) is 0 Å². The van der Waals surface area contributed by atoms with Gasteiger partial charge in [0.05, 0.1) is 26.4 Å². The van der Waals surface area contributed by atoms with Crippen LogP contribution in [0.2, 0.25) is 0 Å². The van der Waals surface area contributed by atoms with Crippen LogP contribution in [-0.4, -0.2) is 221 Å². The lowest BCUT2D eigenvalue weighted by Crippen LogP contribution is -2.66. The number of ether oxygens (including phenoxy) is 7. The first-order valence-electron chi connectivity index (χ1n) is 14.1. The fourth-order valence-electron chi connectivity index (χ4n) is 5.43. The van der Waals surface area contributed by atoms with Gasteiger partial charge in [-0.3, -0.25) is 0 Å².